The third kappa shape index (κ3) is 5.44. The van der Waals surface area contributed by atoms with Gasteiger partial charge in [0.05, 0.1) is 6.61 Å². The van der Waals surface area contributed by atoms with Crippen LogP contribution in [-0.2, 0) is 6.61 Å². The van der Waals surface area contributed by atoms with Crippen LogP contribution in [-0.4, -0.2) is 24.1 Å². The first kappa shape index (κ1) is 18.1. The maximum atomic E-state index is 12.8. The van der Waals surface area contributed by atoms with Crippen molar-refractivity contribution in [2.45, 2.75) is 26.0 Å². The van der Waals surface area contributed by atoms with E-state index >= 15 is 0 Å². The van der Waals surface area contributed by atoms with Crippen molar-refractivity contribution in [1.29, 1.82) is 0 Å². The molecule has 24 heavy (non-hydrogen) atoms. The molecule has 0 bridgehead atoms. The molecule has 2 rings (SSSR count). The number of rotatable bonds is 8. The lowest BCUT2D eigenvalue weighted by atomic mass is 10.1. The molecule has 4 nitrogen and oxygen atoms in total. The predicted octanol–water partition coefficient (Wildman–Crippen LogP) is 2.79. The van der Waals surface area contributed by atoms with E-state index in [4.69, 9.17) is 5.11 Å². The zero-order valence-corrected chi connectivity index (χ0v) is 13.8. The summed E-state index contributed by atoms with van der Waals surface area (Å²) in [5.41, 5.74) is 2.48. The van der Waals surface area contributed by atoms with Crippen molar-refractivity contribution in [3.8, 4) is 0 Å². The molecule has 128 valence electrons. The van der Waals surface area contributed by atoms with Gasteiger partial charge in [-0.05, 0) is 55.3 Å². The number of amides is 1. The molecule has 0 aliphatic heterocycles. The number of carbonyl (C=O) groups excluding carboxylic acids is 1. The smallest absolute Gasteiger partial charge is 0.251 e. The topological polar surface area (TPSA) is 61.4 Å². The predicted molar refractivity (Wildman–Crippen MR) is 92.1 cm³/mol. The van der Waals surface area contributed by atoms with Gasteiger partial charge in [-0.2, -0.15) is 0 Å². The summed E-state index contributed by atoms with van der Waals surface area (Å²) >= 11 is 0. The van der Waals surface area contributed by atoms with Gasteiger partial charge in [0.15, 0.2) is 0 Å². The molecule has 0 aromatic heterocycles. The Morgan fingerprint density at radius 3 is 2.62 bits per heavy atom. The van der Waals surface area contributed by atoms with E-state index in [-0.39, 0.29) is 24.4 Å². The molecule has 0 heterocycles. The second-order valence-electron chi connectivity index (χ2n) is 5.70. The van der Waals surface area contributed by atoms with Gasteiger partial charge in [-0.15, -0.1) is 0 Å². The van der Waals surface area contributed by atoms with Gasteiger partial charge in [0.2, 0.25) is 0 Å². The van der Waals surface area contributed by atoms with Gasteiger partial charge in [0, 0.05) is 18.2 Å². The summed E-state index contributed by atoms with van der Waals surface area (Å²) in [5.74, 6) is -0.547. The van der Waals surface area contributed by atoms with Crippen LogP contribution in [0, 0.1) is 5.82 Å². The van der Waals surface area contributed by atoms with Crippen molar-refractivity contribution < 1.29 is 14.3 Å². The zero-order chi connectivity index (χ0) is 17.4. The first-order valence-corrected chi connectivity index (χ1v) is 8.07. The zero-order valence-electron chi connectivity index (χ0n) is 13.8. The molecule has 0 saturated carbocycles. The standard InChI is InChI=1S/C19H23FN2O2/c1-14(17-5-2-4-15(12-17)13-23)21-10-3-11-22-19(24)16-6-8-18(20)9-7-16/h2,4-9,12,14,21,23H,3,10-11,13H2,1H3,(H,22,24). The van der Waals surface area contributed by atoms with Crippen LogP contribution < -0.4 is 10.6 Å². The Labute approximate surface area is 141 Å². The number of nitrogens with one attached hydrogen (secondary N) is 2. The number of benzene rings is 2. The highest BCUT2D eigenvalue weighted by Crippen LogP contribution is 2.14. The van der Waals surface area contributed by atoms with Gasteiger partial charge in [-0.3, -0.25) is 4.79 Å². The maximum absolute atomic E-state index is 12.8. The van der Waals surface area contributed by atoms with Gasteiger partial charge in [0.25, 0.3) is 5.91 Å². The van der Waals surface area contributed by atoms with Gasteiger partial charge < -0.3 is 15.7 Å². The average Bonchev–Trinajstić information content (AvgIpc) is 2.61. The Kier molecular flexibility index (Phi) is 6.90. The van der Waals surface area contributed by atoms with Crippen LogP contribution >= 0.6 is 0 Å². The molecule has 0 radical (unpaired) electrons. The van der Waals surface area contributed by atoms with Gasteiger partial charge in [-0.1, -0.05) is 24.3 Å². The third-order valence-electron chi connectivity index (χ3n) is 3.83. The van der Waals surface area contributed by atoms with Gasteiger partial charge >= 0.3 is 0 Å². The summed E-state index contributed by atoms with van der Waals surface area (Å²) < 4.78 is 12.8. The van der Waals surface area contributed by atoms with Crippen molar-refractivity contribution in [3.63, 3.8) is 0 Å². The van der Waals surface area contributed by atoms with E-state index in [2.05, 4.69) is 17.6 Å². The van der Waals surface area contributed by atoms with E-state index in [1.165, 1.54) is 24.3 Å². The molecule has 5 heteroatoms. The largest absolute Gasteiger partial charge is 0.392 e. The SMILES string of the molecule is CC(NCCCNC(=O)c1ccc(F)cc1)c1cccc(CO)c1. The fourth-order valence-corrected chi connectivity index (χ4v) is 2.39. The van der Waals surface area contributed by atoms with Crippen LogP contribution in [0.15, 0.2) is 48.5 Å². The van der Waals surface area contributed by atoms with E-state index in [1.807, 2.05) is 24.3 Å². The first-order valence-electron chi connectivity index (χ1n) is 8.07. The Bertz CT molecular complexity index is 659. The molecule has 0 spiro atoms. The number of halogens is 1. The summed E-state index contributed by atoms with van der Waals surface area (Å²) in [6.45, 7) is 3.41. The second kappa shape index (κ2) is 9.15. The fourth-order valence-electron chi connectivity index (χ4n) is 2.39. The van der Waals surface area contributed by atoms with Crippen molar-refractivity contribution in [2.24, 2.45) is 0 Å². The van der Waals surface area contributed by atoms with Crippen LogP contribution in [0.4, 0.5) is 4.39 Å². The molecule has 1 unspecified atom stereocenters. The van der Waals surface area contributed by atoms with Crippen molar-refractivity contribution in [1.82, 2.24) is 10.6 Å². The minimum atomic E-state index is -0.352. The second-order valence-corrected chi connectivity index (χ2v) is 5.70. The Morgan fingerprint density at radius 1 is 1.17 bits per heavy atom. The maximum Gasteiger partial charge on any atom is 0.251 e. The van der Waals surface area contributed by atoms with Crippen LogP contribution in [0.1, 0.15) is 40.9 Å². The number of hydrogen-bond donors (Lipinski definition) is 3. The average molecular weight is 330 g/mol. The van der Waals surface area contributed by atoms with E-state index < -0.39 is 0 Å². The van der Waals surface area contributed by atoms with Gasteiger partial charge in [-0.25, -0.2) is 4.39 Å². The molecule has 0 aliphatic rings. The molecule has 0 saturated heterocycles. The molecule has 0 fully saturated rings. The first-order chi connectivity index (χ1) is 11.6. The molecule has 2 aromatic carbocycles. The Morgan fingerprint density at radius 2 is 1.92 bits per heavy atom. The van der Waals surface area contributed by atoms with E-state index in [0.29, 0.717) is 12.1 Å². The molecular formula is C19H23FN2O2. The summed E-state index contributed by atoms with van der Waals surface area (Å²) in [5, 5.41) is 15.4. The number of aliphatic hydroxyl groups is 1. The van der Waals surface area contributed by atoms with Gasteiger partial charge in [0.1, 0.15) is 5.82 Å². The number of carbonyl (C=O) groups is 1. The van der Waals surface area contributed by atoms with Crippen LogP contribution in [0.25, 0.3) is 0 Å². The minimum absolute atomic E-state index is 0.0377. The fraction of sp³-hybridized carbons (Fsp3) is 0.316. The summed E-state index contributed by atoms with van der Waals surface area (Å²) in [4.78, 5) is 11.9. The Hall–Kier alpha value is -2.24. The molecule has 0 aliphatic carbocycles. The van der Waals surface area contributed by atoms with Crippen molar-refractivity contribution in [3.05, 3.63) is 71.0 Å². The highest BCUT2D eigenvalue weighted by Gasteiger charge is 2.06. The summed E-state index contributed by atoms with van der Waals surface area (Å²) in [7, 11) is 0. The monoisotopic (exact) mass is 330 g/mol. The quantitative estimate of drug-likeness (QED) is 0.652. The number of aliphatic hydroxyl groups excluding tert-OH is 1. The summed E-state index contributed by atoms with van der Waals surface area (Å²) in [6.07, 6.45) is 0.789. The molecule has 3 N–H and O–H groups in total. The summed E-state index contributed by atoms with van der Waals surface area (Å²) in [6, 6.07) is 13.5. The van der Waals surface area contributed by atoms with Crippen LogP contribution in [0.2, 0.25) is 0 Å². The van der Waals surface area contributed by atoms with Crippen molar-refractivity contribution >= 4 is 5.91 Å². The lowest BCUT2D eigenvalue weighted by Gasteiger charge is -2.15. The minimum Gasteiger partial charge on any atom is -0.392 e. The molecular weight excluding hydrogens is 307 g/mol. The molecule has 1 atom stereocenters. The van der Waals surface area contributed by atoms with E-state index in [9.17, 15) is 9.18 Å². The van der Waals surface area contributed by atoms with E-state index in [1.54, 1.807) is 0 Å². The molecule has 1 amide bonds. The van der Waals surface area contributed by atoms with E-state index in [0.717, 1.165) is 24.1 Å². The Balaban J connectivity index is 1.69. The van der Waals surface area contributed by atoms with Crippen LogP contribution in [0.5, 0.6) is 0 Å². The normalized spacial score (nSPS) is 12.0. The lowest BCUT2D eigenvalue weighted by Crippen LogP contribution is -2.28. The highest BCUT2D eigenvalue weighted by molar-refractivity contribution is 5.94. The van der Waals surface area contributed by atoms with Crippen molar-refractivity contribution in [2.75, 3.05) is 13.1 Å². The third-order valence-corrected chi connectivity index (χ3v) is 3.83. The molecule has 2 aromatic rings. The number of hydrogen-bond acceptors (Lipinski definition) is 3. The van der Waals surface area contributed by atoms with Crippen LogP contribution in [0.3, 0.4) is 0 Å². The highest BCUT2D eigenvalue weighted by atomic mass is 19.1. The lowest BCUT2D eigenvalue weighted by molar-refractivity contribution is 0.0953.